The molecule has 0 saturated heterocycles. The summed E-state index contributed by atoms with van der Waals surface area (Å²) >= 11 is 3.54. The van der Waals surface area contributed by atoms with Crippen molar-refractivity contribution in [2.24, 2.45) is 0 Å². The Morgan fingerprint density at radius 3 is 2.60 bits per heavy atom. The SMILES string of the molecule is Cc1cc(-c2noc(C3CCCC3=O)n2)cc(C)c1Br. The van der Waals surface area contributed by atoms with Crippen molar-refractivity contribution in [1.82, 2.24) is 10.1 Å². The average molecular weight is 335 g/mol. The van der Waals surface area contributed by atoms with Crippen LogP contribution in [0.15, 0.2) is 21.1 Å². The van der Waals surface area contributed by atoms with Gasteiger partial charge in [0.05, 0.1) is 5.92 Å². The molecule has 1 saturated carbocycles. The number of aromatic nitrogens is 2. The van der Waals surface area contributed by atoms with E-state index in [1.165, 1.54) is 0 Å². The second-order valence-electron chi connectivity index (χ2n) is 5.29. The standard InChI is InChI=1S/C15H15BrN2O2/c1-8-6-10(7-9(2)13(8)16)14-17-15(20-18-14)11-4-3-5-12(11)19/h6-7,11H,3-5H2,1-2H3. The largest absolute Gasteiger partial charge is 0.338 e. The molecule has 1 atom stereocenters. The van der Waals surface area contributed by atoms with E-state index in [1.54, 1.807) is 0 Å². The number of hydrogen-bond donors (Lipinski definition) is 0. The lowest BCUT2D eigenvalue weighted by atomic mass is 10.1. The zero-order valence-corrected chi connectivity index (χ0v) is 13.0. The first-order chi connectivity index (χ1) is 9.56. The topological polar surface area (TPSA) is 56.0 Å². The number of ketones is 1. The quantitative estimate of drug-likeness (QED) is 0.834. The van der Waals surface area contributed by atoms with Gasteiger partial charge in [-0.2, -0.15) is 4.98 Å². The Labute approximate surface area is 125 Å². The Hall–Kier alpha value is -1.49. The van der Waals surface area contributed by atoms with E-state index in [-0.39, 0.29) is 11.7 Å². The highest BCUT2D eigenvalue weighted by molar-refractivity contribution is 9.10. The first-order valence-corrected chi connectivity index (χ1v) is 7.49. The van der Waals surface area contributed by atoms with Gasteiger partial charge in [0.15, 0.2) is 0 Å². The third-order valence-corrected chi connectivity index (χ3v) is 4.99. The minimum atomic E-state index is -0.200. The summed E-state index contributed by atoms with van der Waals surface area (Å²) in [5.41, 5.74) is 3.18. The first kappa shape index (κ1) is 13.5. The van der Waals surface area contributed by atoms with Gasteiger partial charge >= 0.3 is 0 Å². The van der Waals surface area contributed by atoms with E-state index in [9.17, 15) is 4.79 Å². The highest BCUT2D eigenvalue weighted by Gasteiger charge is 2.31. The smallest absolute Gasteiger partial charge is 0.237 e. The van der Waals surface area contributed by atoms with Gasteiger partial charge in [-0.1, -0.05) is 21.1 Å². The Balaban J connectivity index is 1.96. The molecule has 104 valence electrons. The number of benzene rings is 1. The highest BCUT2D eigenvalue weighted by atomic mass is 79.9. The third-order valence-electron chi connectivity index (χ3n) is 3.74. The van der Waals surface area contributed by atoms with Crippen molar-refractivity contribution in [3.63, 3.8) is 0 Å². The molecule has 1 unspecified atom stereocenters. The van der Waals surface area contributed by atoms with E-state index in [4.69, 9.17) is 4.52 Å². The predicted octanol–water partition coefficient (Wildman–Crippen LogP) is 3.95. The molecule has 4 nitrogen and oxygen atoms in total. The highest BCUT2D eigenvalue weighted by Crippen LogP contribution is 2.32. The number of Topliss-reactive ketones (excluding diaryl/α,β-unsaturated/α-hetero) is 1. The molecule has 5 heteroatoms. The van der Waals surface area contributed by atoms with Gasteiger partial charge in [-0.15, -0.1) is 0 Å². The second-order valence-corrected chi connectivity index (χ2v) is 6.08. The van der Waals surface area contributed by atoms with Crippen LogP contribution in [0.5, 0.6) is 0 Å². The maximum Gasteiger partial charge on any atom is 0.237 e. The molecule has 1 aliphatic rings. The second kappa shape index (κ2) is 5.13. The number of rotatable bonds is 2. The minimum Gasteiger partial charge on any atom is -0.338 e. The zero-order valence-electron chi connectivity index (χ0n) is 11.4. The monoisotopic (exact) mass is 334 g/mol. The summed E-state index contributed by atoms with van der Waals surface area (Å²) in [6, 6.07) is 4.03. The molecule has 2 aromatic rings. The molecular formula is C15H15BrN2O2. The zero-order chi connectivity index (χ0) is 14.3. The Morgan fingerprint density at radius 1 is 1.30 bits per heavy atom. The van der Waals surface area contributed by atoms with Crippen molar-refractivity contribution in [3.05, 3.63) is 33.6 Å². The van der Waals surface area contributed by atoms with Crippen molar-refractivity contribution < 1.29 is 9.32 Å². The molecule has 0 radical (unpaired) electrons. The van der Waals surface area contributed by atoms with Crippen LogP contribution < -0.4 is 0 Å². The van der Waals surface area contributed by atoms with Crippen molar-refractivity contribution in [3.8, 4) is 11.4 Å². The summed E-state index contributed by atoms with van der Waals surface area (Å²) in [5.74, 6) is 1.02. The lowest BCUT2D eigenvalue weighted by Crippen LogP contribution is -2.04. The van der Waals surface area contributed by atoms with E-state index in [0.29, 0.717) is 18.1 Å². The molecule has 0 aliphatic heterocycles. The first-order valence-electron chi connectivity index (χ1n) is 6.69. The summed E-state index contributed by atoms with van der Waals surface area (Å²) < 4.78 is 6.38. The van der Waals surface area contributed by atoms with Crippen molar-refractivity contribution in [1.29, 1.82) is 0 Å². The van der Waals surface area contributed by atoms with Gasteiger partial charge in [0.1, 0.15) is 5.78 Å². The third kappa shape index (κ3) is 2.30. The fourth-order valence-electron chi connectivity index (χ4n) is 2.65. The van der Waals surface area contributed by atoms with Gasteiger partial charge in [-0.25, -0.2) is 0 Å². The lowest BCUT2D eigenvalue weighted by Gasteiger charge is -2.04. The summed E-state index contributed by atoms with van der Waals surface area (Å²) in [5, 5.41) is 4.02. The molecule has 0 bridgehead atoms. The van der Waals surface area contributed by atoms with Crippen molar-refractivity contribution in [2.45, 2.75) is 39.0 Å². The number of halogens is 1. The van der Waals surface area contributed by atoms with Crippen LogP contribution in [-0.4, -0.2) is 15.9 Å². The van der Waals surface area contributed by atoms with Gasteiger partial charge in [0, 0.05) is 16.5 Å². The Kier molecular flexibility index (Phi) is 3.46. The van der Waals surface area contributed by atoms with Gasteiger partial charge < -0.3 is 4.52 Å². The minimum absolute atomic E-state index is 0.200. The summed E-state index contributed by atoms with van der Waals surface area (Å²) in [4.78, 5) is 16.2. The molecule has 1 aromatic carbocycles. The van der Waals surface area contributed by atoms with Gasteiger partial charge in [0.25, 0.3) is 0 Å². The normalized spacial score (nSPS) is 18.8. The predicted molar refractivity (Wildman–Crippen MR) is 78.5 cm³/mol. The molecule has 1 aliphatic carbocycles. The Bertz CT molecular complexity index is 655. The van der Waals surface area contributed by atoms with Crippen LogP contribution in [0, 0.1) is 13.8 Å². The van der Waals surface area contributed by atoms with E-state index >= 15 is 0 Å². The molecule has 20 heavy (non-hydrogen) atoms. The number of aryl methyl sites for hydroxylation is 2. The molecule has 0 amide bonds. The van der Waals surface area contributed by atoms with Gasteiger partial charge in [-0.3, -0.25) is 4.79 Å². The number of carbonyl (C=O) groups is 1. The van der Waals surface area contributed by atoms with Gasteiger partial charge in [0.2, 0.25) is 11.7 Å². The molecule has 0 spiro atoms. The fraction of sp³-hybridized carbons (Fsp3) is 0.400. The fourth-order valence-corrected chi connectivity index (χ4v) is 2.87. The maximum atomic E-state index is 11.7. The number of hydrogen-bond acceptors (Lipinski definition) is 4. The van der Waals surface area contributed by atoms with Crippen LogP contribution in [0.1, 0.15) is 42.2 Å². The van der Waals surface area contributed by atoms with E-state index in [2.05, 4.69) is 26.1 Å². The van der Waals surface area contributed by atoms with E-state index in [1.807, 2.05) is 26.0 Å². The summed E-state index contributed by atoms with van der Waals surface area (Å²) in [6.07, 6.45) is 2.36. The molecule has 1 fully saturated rings. The van der Waals surface area contributed by atoms with Gasteiger partial charge in [-0.05, 0) is 49.9 Å². The van der Waals surface area contributed by atoms with Crippen molar-refractivity contribution >= 4 is 21.7 Å². The molecular weight excluding hydrogens is 320 g/mol. The molecule has 1 aromatic heterocycles. The van der Waals surface area contributed by atoms with Crippen molar-refractivity contribution in [2.75, 3.05) is 0 Å². The number of nitrogens with zero attached hydrogens (tertiary/aromatic N) is 2. The molecule has 1 heterocycles. The van der Waals surface area contributed by atoms with Crippen LogP contribution >= 0.6 is 15.9 Å². The van der Waals surface area contributed by atoms with E-state index in [0.717, 1.165) is 34.0 Å². The van der Waals surface area contributed by atoms with Crippen LogP contribution in [0.25, 0.3) is 11.4 Å². The van der Waals surface area contributed by atoms with Crippen LogP contribution in [0.3, 0.4) is 0 Å². The maximum absolute atomic E-state index is 11.7. The summed E-state index contributed by atoms with van der Waals surface area (Å²) in [6.45, 7) is 4.06. The summed E-state index contributed by atoms with van der Waals surface area (Å²) in [7, 11) is 0. The number of carbonyl (C=O) groups excluding carboxylic acids is 1. The molecule has 3 rings (SSSR count). The Morgan fingerprint density at radius 2 is 2.00 bits per heavy atom. The van der Waals surface area contributed by atoms with Crippen LogP contribution in [0.2, 0.25) is 0 Å². The lowest BCUT2D eigenvalue weighted by molar-refractivity contribution is -0.119. The average Bonchev–Trinajstić information content (AvgIpc) is 3.03. The molecule has 0 N–H and O–H groups in total. The van der Waals surface area contributed by atoms with Crippen LogP contribution in [-0.2, 0) is 4.79 Å². The van der Waals surface area contributed by atoms with E-state index < -0.39 is 0 Å². The van der Waals surface area contributed by atoms with Crippen LogP contribution in [0.4, 0.5) is 0 Å².